The van der Waals surface area contributed by atoms with Crippen LogP contribution in [0.25, 0.3) is 0 Å². The Morgan fingerprint density at radius 1 is 1.11 bits per heavy atom. The molecule has 5 nitrogen and oxygen atoms in total. The van der Waals surface area contributed by atoms with E-state index in [1.54, 1.807) is 35.8 Å². The number of amides is 1. The number of aryl methyl sites for hydroxylation is 2. The molecule has 144 valence electrons. The number of likely N-dealkylation sites (N-methyl/N-ethyl adjacent to an activating group) is 1. The topological polar surface area (TPSA) is 55.8 Å². The quantitative estimate of drug-likeness (QED) is 0.534. The van der Waals surface area contributed by atoms with Crippen LogP contribution in [0.4, 0.5) is 0 Å². The molecule has 0 aliphatic rings. The molecular weight excluding hydrogens is 362 g/mol. The number of ether oxygens (including phenoxy) is 2. The first-order valence-corrected chi connectivity index (χ1v) is 9.77. The molecule has 27 heavy (non-hydrogen) atoms. The molecule has 0 heterocycles. The molecule has 0 radical (unpaired) electrons. The van der Waals surface area contributed by atoms with Gasteiger partial charge in [-0.2, -0.15) is 0 Å². The van der Waals surface area contributed by atoms with E-state index in [4.69, 9.17) is 9.47 Å². The summed E-state index contributed by atoms with van der Waals surface area (Å²) in [4.78, 5) is 27.2. The minimum atomic E-state index is -0.576. The smallest absolute Gasteiger partial charge is 0.342 e. The first kappa shape index (κ1) is 20.8. The number of thioether (sulfide) groups is 1. The van der Waals surface area contributed by atoms with Crippen LogP contribution in [0.1, 0.15) is 27.0 Å². The van der Waals surface area contributed by atoms with E-state index < -0.39 is 5.97 Å². The van der Waals surface area contributed by atoms with Gasteiger partial charge in [-0.05, 0) is 49.4 Å². The first-order chi connectivity index (χ1) is 12.8. The Hall–Kier alpha value is -2.47. The summed E-state index contributed by atoms with van der Waals surface area (Å²) in [5, 5.41) is 0. The zero-order chi connectivity index (χ0) is 20.0. The highest BCUT2D eigenvalue weighted by Gasteiger charge is 2.18. The molecule has 0 unspecified atom stereocenters. The molecule has 0 spiro atoms. The Labute approximate surface area is 164 Å². The van der Waals surface area contributed by atoms with Gasteiger partial charge in [-0.1, -0.05) is 23.8 Å². The van der Waals surface area contributed by atoms with Gasteiger partial charge in [0, 0.05) is 18.5 Å². The third kappa shape index (κ3) is 5.50. The molecule has 0 fully saturated rings. The summed E-state index contributed by atoms with van der Waals surface area (Å²) >= 11 is 1.55. The van der Waals surface area contributed by atoms with E-state index in [-0.39, 0.29) is 12.5 Å². The molecule has 0 saturated carbocycles. The Morgan fingerprint density at radius 3 is 2.48 bits per heavy atom. The van der Waals surface area contributed by atoms with Gasteiger partial charge < -0.3 is 14.4 Å². The third-order valence-corrected chi connectivity index (χ3v) is 5.01. The largest absolute Gasteiger partial charge is 0.496 e. The standard InChI is InChI=1S/C21H25NO4S/c1-14-6-7-16(15(2)10-14)12-22(3)20(23)13-26-21(24)18-9-8-17(27-5)11-19(18)25-4/h6-11H,12-13H2,1-5H3. The highest BCUT2D eigenvalue weighted by atomic mass is 32.2. The van der Waals surface area contributed by atoms with Gasteiger partial charge in [0.1, 0.15) is 11.3 Å². The minimum Gasteiger partial charge on any atom is -0.496 e. The molecule has 0 aliphatic heterocycles. The highest BCUT2D eigenvalue weighted by molar-refractivity contribution is 7.98. The SMILES string of the molecule is COc1cc(SC)ccc1C(=O)OCC(=O)N(C)Cc1ccc(C)cc1C. The van der Waals surface area contributed by atoms with Gasteiger partial charge in [-0.25, -0.2) is 4.79 Å². The first-order valence-electron chi connectivity index (χ1n) is 8.55. The van der Waals surface area contributed by atoms with Crippen molar-refractivity contribution in [3.8, 4) is 5.75 Å². The fourth-order valence-electron chi connectivity index (χ4n) is 2.65. The number of carbonyl (C=O) groups is 2. The number of nitrogens with zero attached hydrogens (tertiary/aromatic N) is 1. The van der Waals surface area contributed by atoms with Crippen LogP contribution in [0, 0.1) is 13.8 Å². The van der Waals surface area contributed by atoms with Gasteiger partial charge in [0.25, 0.3) is 5.91 Å². The van der Waals surface area contributed by atoms with Crippen LogP contribution in [0.2, 0.25) is 0 Å². The number of carbonyl (C=O) groups excluding carboxylic acids is 2. The molecule has 2 aromatic rings. The lowest BCUT2D eigenvalue weighted by Gasteiger charge is -2.19. The fraction of sp³-hybridized carbons (Fsp3) is 0.333. The maximum atomic E-state index is 12.3. The van der Waals surface area contributed by atoms with Crippen molar-refractivity contribution in [2.75, 3.05) is 27.0 Å². The van der Waals surface area contributed by atoms with Gasteiger partial charge in [0.2, 0.25) is 0 Å². The second kappa shape index (κ2) is 9.46. The summed E-state index contributed by atoms with van der Waals surface area (Å²) in [5.41, 5.74) is 3.68. The van der Waals surface area contributed by atoms with Crippen molar-refractivity contribution < 1.29 is 19.1 Å². The van der Waals surface area contributed by atoms with Gasteiger partial charge in [-0.15, -0.1) is 11.8 Å². The molecule has 2 rings (SSSR count). The molecule has 0 N–H and O–H groups in total. The second-order valence-electron chi connectivity index (χ2n) is 6.32. The lowest BCUT2D eigenvalue weighted by atomic mass is 10.1. The van der Waals surface area contributed by atoms with E-state index in [0.29, 0.717) is 17.9 Å². The molecule has 0 aromatic heterocycles. The van der Waals surface area contributed by atoms with Gasteiger partial charge >= 0.3 is 5.97 Å². The summed E-state index contributed by atoms with van der Waals surface area (Å²) in [6, 6.07) is 11.4. The number of hydrogen-bond acceptors (Lipinski definition) is 5. The van der Waals surface area contributed by atoms with Crippen molar-refractivity contribution in [1.82, 2.24) is 4.90 Å². The number of hydrogen-bond donors (Lipinski definition) is 0. The zero-order valence-electron chi connectivity index (χ0n) is 16.4. The summed E-state index contributed by atoms with van der Waals surface area (Å²) in [6.45, 7) is 4.21. The lowest BCUT2D eigenvalue weighted by molar-refractivity contribution is -0.133. The van der Waals surface area contributed by atoms with Crippen LogP contribution in [0.5, 0.6) is 5.75 Å². The predicted molar refractivity (Wildman–Crippen MR) is 107 cm³/mol. The second-order valence-corrected chi connectivity index (χ2v) is 7.20. The zero-order valence-corrected chi connectivity index (χ0v) is 17.2. The Kier molecular flexibility index (Phi) is 7.30. The van der Waals surface area contributed by atoms with E-state index in [1.165, 1.54) is 12.7 Å². The average Bonchev–Trinajstić information content (AvgIpc) is 2.67. The third-order valence-electron chi connectivity index (χ3n) is 4.29. The fourth-order valence-corrected chi connectivity index (χ4v) is 3.08. The summed E-state index contributed by atoms with van der Waals surface area (Å²) in [7, 11) is 3.20. The molecule has 0 atom stereocenters. The van der Waals surface area contributed by atoms with E-state index in [2.05, 4.69) is 6.07 Å². The van der Waals surface area contributed by atoms with Gasteiger partial charge in [0.05, 0.1) is 7.11 Å². The van der Waals surface area contributed by atoms with Crippen LogP contribution in [0.3, 0.4) is 0 Å². The van der Waals surface area contributed by atoms with E-state index in [9.17, 15) is 9.59 Å². The molecule has 1 amide bonds. The van der Waals surface area contributed by atoms with E-state index >= 15 is 0 Å². The highest BCUT2D eigenvalue weighted by Crippen LogP contribution is 2.26. The molecule has 0 bridgehead atoms. The monoisotopic (exact) mass is 387 g/mol. The van der Waals surface area contributed by atoms with E-state index in [1.807, 2.05) is 38.3 Å². The Morgan fingerprint density at radius 2 is 1.85 bits per heavy atom. The molecular formula is C21H25NO4S. The summed E-state index contributed by atoms with van der Waals surface area (Å²) in [6.07, 6.45) is 1.94. The number of benzene rings is 2. The maximum Gasteiger partial charge on any atom is 0.342 e. The minimum absolute atomic E-state index is 0.261. The van der Waals surface area contributed by atoms with Gasteiger partial charge in [0.15, 0.2) is 6.61 Å². The van der Waals surface area contributed by atoms with Crippen LogP contribution >= 0.6 is 11.8 Å². The number of methoxy groups -OCH3 is 1. The van der Waals surface area contributed by atoms with Crippen molar-refractivity contribution in [3.63, 3.8) is 0 Å². The summed E-state index contributed by atoms with van der Waals surface area (Å²) in [5.74, 6) is -0.404. The number of esters is 1. The lowest BCUT2D eigenvalue weighted by Crippen LogP contribution is -2.31. The molecule has 0 saturated heterocycles. The predicted octanol–water partition coefficient (Wildman–Crippen LogP) is 3.85. The summed E-state index contributed by atoms with van der Waals surface area (Å²) < 4.78 is 10.5. The molecule has 0 aliphatic carbocycles. The van der Waals surface area contributed by atoms with Crippen molar-refractivity contribution in [3.05, 3.63) is 58.7 Å². The van der Waals surface area contributed by atoms with Crippen LogP contribution in [-0.2, 0) is 16.1 Å². The van der Waals surface area contributed by atoms with Crippen LogP contribution in [-0.4, -0.2) is 43.8 Å². The van der Waals surface area contributed by atoms with Crippen LogP contribution < -0.4 is 4.74 Å². The average molecular weight is 388 g/mol. The number of rotatable bonds is 7. The maximum absolute atomic E-state index is 12.3. The van der Waals surface area contributed by atoms with Crippen molar-refractivity contribution in [2.24, 2.45) is 0 Å². The van der Waals surface area contributed by atoms with Gasteiger partial charge in [-0.3, -0.25) is 4.79 Å². The van der Waals surface area contributed by atoms with Crippen molar-refractivity contribution >= 4 is 23.6 Å². The Balaban J connectivity index is 1.97. The van der Waals surface area contributed by atoms with Crippen LogP contribution in [0.15, 0.2) is 41.3 Å². The van der Waals surface area contributed by atoms with E-state index in [0.717, 1.165) is 16.0 Å². The Bertz CT molecular complexity index is 835. The normalized spacial score (nSPS) is 10.4. The van der Waals surface area contributed by atoms with Crippen molar-refractivity contribution in [2.45, 2.75) is 25.3 Å². The van der Waals surface area contributed by atoms with Crippen molar-refractivity contribution in [1.29, 1.82) is 0 Å². The molecule has 2 aromatic carbocycles. The molecule has 6 heteroatoms.